The number of benzene rings is 1. The molecule has 1 aromatic carbocycles. The quantitative estimate of drug-likeness (QED) is 0.877. The number of piperidine rings is 1. The van der Waals surface area contributed by atoms with Crippen LogP contribution >= 0.6 is 24.2 Å². The summed E-state index contributed by atoms with van der Waals surface area (Å²) >= 11 is 1.89. The molecule has 0 radical (unpaired) electrons. The summed E-state index contributed by atoms with van der Waals surface area (Å²) in [7, 11) is 0. The minimum atomic E-state index is 0. The predicted molar refractivity (Wildman–Crippen MR) is 90.1 cm³/mol. The van der Waals surface area contributed by atoms with Crippen LogP contribution in [0.2, 0.25) is 0 Å². The molecule has 1 fully saturated rings. The Bertz CT molecular complexity index is 497. The number of amides is 1. The third-order valence-electron chi connectivity index (χ3n) is 4.27. The van der Waals surface area contributed by atoms with Gasteiger partial charge in [0.15, 0.2) is 0 Å². The van der Waals surface area contributed by atoms with Crippen molar-refractivity contribution in [1.29, 1.82) is 0 Å². The van der Waals surface area contributed by atoms with Crippen LogP contribution in [-0.4, -0.2) is 24.2 Å². The van der Waals surface area contributed by atoms with E-state index in [0.29, 0.717) is 6.04 Å². The first-order valence-electron chi connectivity index (χ1n) is 7.49. The van der Waals surface area contributed by atoms with E-state index >= 15 is 0 Å². The molecule has 1 aromatic rings. The van der Waals surface area contributed by atoms with Crippen LogP contribution in [0.5, 0.6) is 0 Å². The molecule has 21 heavy (non-hydrogen) atoms. The molecule has 1 unspecified atom stereocenters. The number of rotatable bonds is 2. The molecule has 2 aliphatic heterocycles. The van der Waals surface area contributed by atoms with E-state index in [0.717, 1.165) is 31.6 Å². The van der Waals surface area contributed by atoms with E-state index in [1.165, 1.54) is 10.5 Å². The standard InChI is InChI=1S/C16H22N2OS.ClH/c1-11-10-12(6-8-17-11)16(19)18-14-7-9-20-15-5-3-2-4-13(14)15;/h2-5,11-12,14,17H,6-10H2,1H3,(H,18,19);1H/t11-,12-,14?;/m0./s1. The molecule has 2 N–H and O–H groups in total. The van der Waals surface area contributed by atoms with Crippen LogP contribution < -0.4 is 10.6 Å². The highest BCUT2D eigenvalue weighted by Crippen LogP contribution is 2.36. The number of hydrogen-bond donors (Lipinski definition) is 2. The number of carbonyl (C=O) groups is 1. The maximum absolute atomic E-state index is 12.5. The second-order valence-corrected chi connectivity index (χ2v) is 6.95. The summed E-state index contributed by atoms with van der Waals surface area (Å²) in [5.74, 6) is 1.50. The molecular weight excluding hydrogens is 304 g/mol. The maximum Gasteiger partial charge on any atom is 0.223 e. The first-order valence-corrected chi connectivity index (χ1v) is 8.48. The van der Waals surface area contributed by atoms with Gasteiger partial charge in [-0.25, -0.2) is 0 Å². The molecule has 0 saturated carbocycles. The fourth-order valence-electron chi connectivity index (χ4n) is 3.15. The van der Waals surface area contributed by atoms with Crippen molar-refractivity contribution >= 4 is 30.1 Å². The van der Waals surface area contributed by atoms with Gasteiger partial charge in [0.05, 0.1) is 6.04 Å². The molecule has 1 saturated heterocycles. The van der Waals surface area contributed by atoms with E-state index in [1.54, 1.807) is 0 Å². The molecule has 116 valence electrons. The lowest BCUT2D eigenvalue weighted by Gasteiger charge is -2.31. The Morgan fingerprint density at radius 1 is 1.33 bits per heavy atom. The molecule has 0 aromatic heterocycles. The number of halogens is 1. The SMILES string of the molecule is C[C@H]1C[C@@H](C(=O)NC2CCSc3ccccc32)CCN1.Cl. The van der Waals surface area contributed by atoms with Crippen molar-refractivity contribution in [3.8, 4) is 0 Å². The van der Waals surface area contributed by atoms with Crippen LogP contribution in [-0.2, 0) is 4.79 Å². The Labute approximate surface area is 137 Å². The minimum Gasteiger partial charge on any atom is -0.349 e. The summed E-state index contributed by atoms with van der Waals surface area (Å²) in [6, 6.07) is 9.10. The van der Waals surface area contributed by atoms with Crippen LogP contribution in [0.4, 0.5) is 0 Å². The Kier molecular flexibility index (Phi) is 5.97. The van der Waals surface area contributed by atoms with E-state index in [-0.39, 0.29) is 30.3 Å². The fourth-order valence-corrected chi connectivity index (χ4v) is 4.28. The smallest absolute Gasteiger partial charge is 0.223 e. The number of fused-ring (bicyclic) bond motifs is 1. The molecular formula is C16H23ClN2OS. The Hall–Kier alpha value is -0.710. The molecule has 0 bridgehead atoms. The van der Waals surface area contributed by atoms with E-state index < -0.39 is 0 Å². The molecule has 5 heteroatoms. The maximum atomic E-state index is 12.5. The average molecular weight is 327 g/mol. The Balaban J connectivity index is 0.00000161. The lowest BCUT2D eigenvalue weighted by atomic mass is 9.91. The summed E-state index contributed by atoms with van der Waals surface area (Å²) in [6.45, 7) is 3.11. The van der Waals surface area contributed by atoms with Crippen LogP contribution in [0.15, 0.2) is 29.2 Å². The van der Waals surface area contributed by atoms with Crippen LogP contribution in [0.25, 0.3) is 0 Å². The normalized spacial score (nSPS) is 28.1. The van der Waals surface area contributed by atoms with Crippen molar-refractivity contribution in [1.82, 2.24) is 10.6 Å². The highest BCUT2D eigenvalue weighted by Gasteiger charge is 2.28. The first kappa shape index (κ1) is 16.7. The molecule has 3 nitrogen and oxygen atoms in total. The van der Waals surface area contributed by atoms with Crippen LogP contribution in [0.1, 0.15) is 37.8 Å². The number of hydrogen-bond acceptors (Lipinski definition) is 3. The van der Waals surface area contributed by atoms with Crippen LogP contribution in [0.3, 0.4) is 0 Å². The molecule has 0 spiro atoms. The summed E-state index contributed by atoms with van der Waals surface area (Å²) in [6.07, 6.45) is 2.95. The molecule has 3 atom stereocenters. The highest BCUT2D eigenvalue weighted by atomic mass is 35.5. The zero-order valence-corrected chi connectivity index (χ0v) is 13.9. The second kappa shape index (κ2) is 7.52. The van der Waals surface area contributed by atoms with E-state index in [2.05, 4.69) is 41.8 Å². The van der Waals surface area contributed by atoms with Gasteiger partial charge in [0.1, 0.15) is 0 Å². The van der Waals surface area contributed by atoms with Gasteiger partial charge in [-0.3, -0.25) is 4.79 Å². The van der Waals surface area contributed by atoms with Crippen molar-refractivity contribution in [2.45, 2.75) is 43.2 Å². The van der Waals surface area contributed by atoms with Gasteiger partial charge in [0.25, 0.3) is 0 Å². The van der Waals surface area contributed by atoms with Gasteiger partial charge in [-0.05, 0) is 44.4 Å². The van der Waals surface area contributed by atoms with E-state index in [1.807, 2.05) is 11.8 Å². The summed E-state index contributed by atoms with van der Waals surface area (Å²) < 4.78 is 0. The highest BCUT2D eigenvalue weighted by molar-refractivity contribution is 7.99. The van der Waals surface area contributed by atoms with Crippen molar-refractivity contribution in [2.24, 2.45) is 5.92 Å². The zero-order chi connectivity index (χ0) is 13.9. The average Bonchev–Trinajstić information content (AvgIpc) is 2.47. The summed E-state index contributed by atoms with van der Waals surface area (Å²) in [5.41, 5.74) is 1.29. The minimum absolute atomic E-state index is 0. The Morgan fingerprint density at radius 3 is 2.95 bits per heavy atom. The van der Waals surface area contributed by atoms with Crippen molar-refractivity contribution < 1.29 is 4.79 Å². The van der Waals surface area contributed by atoms with Crippen LogP contribution in [0, 0.1) is 5.92 Å². The number of carbonyl (C=O) groups excluding carboxylic acids is 1. The molecule has 2 aliphatic rings. The van der Waals surface area contributed by atoms with Gasteiger partial charge < -0.3 is 10.6 Å². The molecule has 2 heterocycles. The monoisotopic (exact) mass is 326 g/mol. The van der Waals surface area contributed by atoms with E-state index in [9.17, 15) is 4.79 Å². The number of thioether (sulfide) groups is 1. The van der Waals surface area contributed by atoms with Crippen molar-refractivity contribution in [3.05, 3.63) is 29.8 Å². The Morgan fingerprint density at radius 2 is 2.14 bits per heavy atom. The topological polar surface area (TPSA) is 41.1 Å². The molecule has 1 amide bonds. The van der Waals surface area contributed by atoms with Gasteiger partial charge >= 0.3 is 0 Å². The third-order valence-corrected chi connectivity index (χ3v) is 5.39. The van der Waals surface area contributed by atoms with Gasteiger partial charge in [0.2, 0.25) is 5.91 Å². The van der Waals surface area contributed by atoms with Gasteiger partial charge in [0, 0.05) is 22.6 Å². The fraction of sp³-hybridized carbons (Fsp3) is 0.562. The van der Waals surface area contributed by atoms with Gasteiger partial charge in [-0.15, -0.1) is 24.2 Å². The van der Waals surface area contributed by atoms with Gasteiger partial charge in [-0.2, -0.15) is 0 Å². The molecule has 3 rings (SSSR count). The lowest BCUT2D eigenvalue weighted by molar-refractivity contribution is -0.126. The van der Waals surface area contributed by atoms with Gasteiger partial charge in [-0.1, -0.05) is 18.2 Å². The lowest BCUT2D eigenvalue weighted by Crippen LogP contribution is -2.43. The molecule has 0 aliphatic carbocycles. The summed E-state index contributed by atoms with van der Waals surface area (Å²) in [4.78, 5) is 13.8. The predicted octanol–water partition coefficient (Wildman–Crippen LogP) is 3.15. The summed E-state index contributed by atoms with van der Waals surface area (Å²) in [5, 5.41) is 6.69. The zero-order valence-electron chi connectivity index (χ0n) is 12.3. The third kappa shape index (κ3) is 3.93. The van der Waals surface area contributed by atoms with E-state index in [4.69, 9.17) is 0 Å². The number of nitrogens with one attached hydrogen (secondary N) is 2. The van der Waals surface area contributed by atoms with Crippen molar-refractivity contribution in [3.63, 3.8) is 0 Å². The van der Waals surface area contributed by atoms with Crippen molar-refractivity contribution in [2.75, 3.05) is 12.3 Å². The largest absolute Gasteiger partial charge is 0.349 e. The first-order chi connectivity index (χ1) is 9.74. The second-order valence-electron chi connectivity index (χ2n) is 5.81.